The van der Waals surface area contributed by atoms with E-state index < -0.39 is 0 Å². The van der Waals surface area contributed by atoms with Crippen molar-refractivity contribution in [2.75, 3.05) is 13.2 Å². The average molecular weight is 234 g/mol. The van der Waals surface area contributed by atoms with E-state index in [0.717, 1.165) is 16.4 Å². The lowest BCUT2D eigenvalue weighted by Crippen LogP contribution is -2.14. The van der Waals surface area contributed by atoms with Gasteiger partial charge in [-0.2, -0.15) is 0 Å². The summed E-state index contributed by atoms with van der Waals surface area (Å²) in [6.45, 7) is 1.29. The molecule has 2 nitrogen and oxygen atoms in total. The number of thiophene rings is 1. The summed E-state index contributed by atoms with van der Waals surface area (Å²) < 4.78 is 11.1. The molecule has 2 aromatic rings. The lowest BCUT2D eigenvalue weighted by atomic mass is 10.2. The number of fused-ring (bicyclic) bond motifs is 1. The van der Waals surface area contributed by atoms with Gasteiger partial charge in [0.25, 0.3) is 0 Å². The summed E-state index contributed by atoms with van der Waals surface area (Å²) in [6.07, 6.45) is 0. The molecule has 0 N–H and O–H groups in total. The van der Waals surface area contributed by atoms with Gasteiger partial charge in [0.1, 0.15) is 13.2 Å². The Morgan fingerprint density at radius 3 is 2.56 bits per heavy atom. The Balaban J connectivity index is 0.000000963. The predicted octanol–water partition coefficient (Wildman–Crippen LogP) is 3.82. The third-order valence-corrected chi connectivity index (χ3v) is 3.33. The van der Waals surface area contributed by atoms with Crippen LogP contribution in [0.5, 0.6) is 11.5 Å². The first kappa shape index (κ1) is 11.0. The van der Waals surface area contributed by atoms with Gasteiger partial charge in [-0.3, -0.25) is 0 Å². The smallest absolute Gasteiger partial charge is 0.179 e. The van der Waals surface area contributed by atoms with Gasteiger partial charge in [0.15, 0.2) is 11.5 Å². The van der Waals surface area contributed by atoms with Gasteiger partial charge in [-0.1, -0.05) is 37.8 Å². The second-order valence-corrected chi connectivity index (χ2v) is 4.20. The minimum Gasteiger partial charge on any atom is -0.485 e. The average Bonchev–Trinajstić information content (AvgIpc) is 2.74. The van der Waals surface area contributed by atoms with Crippen LogP contribution in [0, 0.1) is 0 Å². The first-order chi connectivity index (χ1) is 7.45. The number of ether oxygens (including phenoxy) is 2. The first-order valence-corrected chi connectivity index (χ1v) is 5.75. The largest absolute Gasteiger partial charge is 0.485 e. The maximum atomic E-state index is 5.63. The van der Waals surface area contributed by atoms with Crippen LogP contribution in [-0.2, 0) is 0 Å². The summed E-state index contributed by atoms with van der Waals surface area (Å²) in [5.74, 6) is 1.78. The Morgan fingerprint density at radius 1 is 1.00 bits per heavy atom. The van der Waals surface area contributed by atoms with E-state index in [-0.39, 0.29) is 7.43 Å². The number of rotatable bonds is 1. The molecule has 1 aromatic carbocycles. The number of hydrogen-bond donors (Lipinski definition) is 0. The molecule has 0 spiro atoms. The van der Waals surface area contributed by atoms with Gasteiger partial charge in [0.2, 0.25) is 0 Å². The van der Waals surface area contributed by atoms with Gasteiger partial charge in [0.05, 0.1) is 4.88 Å². The molecule has 0 unspecified atom stereocenters. The highest BCUT2D eigenvalue weighted by molar-refractivity contribution is 7.14. The van der Waals surface area contributed by atoms with Crippen LogP contribution in [0.3, 0.4) is 0 Å². The van der Waals surface area contributed by atoms with Gasteiger partial charge in [-0.15, -0.1) is 11.3 Å². The van der Waals surface area contributed by atoms with E-state index in [4.69, 9.17) is 9.47 Å². The van der Waals surface area contributed by atoms with E-state index in [2.05, 4.69) is 12.1 Å². The van der Waals surface area contributed by atoms with Crippen LogP contribution in [0.1, 0.15) is 7.43 Å². The zero-order chi connectivity index (χ0) is 10.1. The molecule has 0 bridgehead atoms. The van der Waals surface area contributed by atoms with E-state index in [1.54, 1.807) is 11.3 Å². The molecule has 16 heavy (non-hydrogen) atoms. The van der Waals surface area contributed by atoms with Crippen molar-refractivity contribution in [2.45, 2.75) is 7.43 Å². The summed E-state index contributed by atoms with van der Waals surface area (Å²) in [5.41, 5.74) is 1.19. The molecule has 0 fully saturated rings. The lowest BCUT2D eigenvalue weighted by molar-refractivity contribution is 0.174. The van der Waals surface area contributed by atoms with Crippen molar-refractivity contribution in [3.63, 3.8) is 0 Å². The highest BCUT2D eigenvalue weighted by Gasteiger charge is 2.19. The Morgan fingerprint density at radius 2 is 1.75 bits per heavy atom. The van der Waals surface area contributed by atoms with Crippen LogP contribution in [0.4, 0.5) is 0 Å². The zero-order valence-corrected chi connectivity index (χ0v) is 8.92. The Kier molecular flexibility index (Phi) is 3.15. The van der Waals surface area contributed by atoms with Crippen LogP contribution in [-0.4, -0.2) is 13.2 Å². The normalized spacial score (nSPS) is 13.0. The zero-order valence-electron chi connectivity index (χ0n) is 8.10. The van der Waals surface area contributed by atoms with Crippen molar-refractivity contribution in [2.24, 2.45) is 0 Å². The second kappa shape index (κ2) is 4.58. The van der Waals surface area contributed by atoms with Crippen LogP contribution in [0.2, 0.25) is 0 Å². The van der Waals surface area contributed by atoms with Gasteiger partial charge >= 0.3 is 0 Å². The van der Waals surface area contributed by atoms with Crippen molar-refractivity contribution in [3.8, 4) is 21.9 Å². The van der Waals surface area contributed by atoms with Crippen molar-refractivity contribution in [3.05, 3.63) is 35.7 Å². The monoisotopic (exact) mass is 234 g/mol. The van der Waals surface area contributed by atoms with E-state index in [0.29, 0.717) is 13.2 Å². The maximum Gasteiger partial charge on any atom is 0.179 e. The van der Waals surface area contributed by atoms with Gasteiger partial charge in [-0.05, 0) is 5.56 Å². The molecule has 1 aliphatic rings. The third-order valence-electron chi connectivity index (χ3n) is 2.34. The lowest BCUT2D eigenvalue weighted by Gasteiger charge is -2.15. The van der Waals surface area contributed by atoms with Crippen molar-refractivity contribution < 1.29 is 9.47 Å². The Labute approximate surface area is 99.5 Å². The highest BCUT2D eigenvalue weighted by Crippen LogP contribution is 2.45. The Hall–Kier alpha value is -1.48. The van der Waals surface area contributed by atoms with Crippen molar-refractivity contribution >= 4 is 11.3 Å². The summed E-state index contributed by atoms with van der Waals surface area (Å²) in [6, 6.07) is 10.3. The molecule has 0 atom stereocenters. The van der Waals surface area contributed by atoms with Gasteiger partial charge in [-0.25, -0.2) is 0 Å². The molecule has 1 aliphatic heterocycles. The molecular weight excluding hydrogens is 220 g/mol. The topological polar surface area (TPSA) is 18.5 Å². The third kappa shape index (κ3) is 1.78. The van der Waals surface area contributed by atoms with Crippen molar-refractivity contribution in [1.29, 1.82) is 0 Å². The van der Waals surface area contributed by atoms with Crippen molar-refractivity contribution in [1.82, 2.24) is 0 Å². The van der Waals surface area contributed by atoms with Crippen LogP contribution >= 0.6 is 11.3 Å². The molecule has 1 aromatic heterocycles. The van der Waals surface area contributed by atoms with Gasteiger partial charge in [0, 0.05) is 5.38 Å². The quantitative estimate of drug-likeness (QED) is 0.746. The van der Waals surface area contributed by atoms with Gasteiger partial charge < -0.3 is 9.47 Å². The highest BCUT2D eigenvalue weighted by atomic mass is 32.1. The SMILES string of the molecule is C.c1ccc(-c2scc3c2OCCO3)cc1. The molecule has 84 valence electrons. The summed E-state index contributed by atoms with van der Waals surface area (Å²) in [7, 11) is 0. The molecule has 3 heteroatoms. The molecular formula is C13H14O2S. The van der Waals surface area contributed by atoms with E-state index in [1.807, 2.05) is 23.6 Å². The molecule has 0 aliphatic carbocycles. The minimum atomic E-state index is 0. The fraction of sp³-hybridized carbons (Fsp3) is 0.231. The molecule has 2 heterocycles. The van der Waals surface area contributed by atoms with Crippen LogP contribution in [0.15, 0.2) is 35.7 Å². The first-order valence-electron chi connectivity index (χ1n) is 4.87. The predicted molar refractivity (Wildman–Crippen MR) is 67.5 cm³/mol. The number of hydrogen-bond acceptors (Lipinski definition) is 3. The van der Waals surface area contributed by atoms with E-state index >= 15 is 0 Å². The molecule has 0 saturated carbocycles. The molecule has 0 saturated heterocycles. The van der Waals surface area contributed by atoms with Crippen LogP contribution in [0.25, 0.3) is 10.4 Å². The van der Waals surface area contributed by atoms with E-state index in [1.165, 1.54) is 5.56 Å². The number of benzene rings is 1. The maximum absolute atomic E-state index is 5.63. The summed E-state index contributed by atoms with van der Waals surface area (Å²) >= 11 is 1.67. The molecule has 3 rings (SSSR count). The fourth-order valence-corrected chi connectivity index (χ4v) is 2.59. The standard InChI is InChI=1S/C12H10O2S.CH4/c1-2-4-9(5-3-1)12-11-10(8-15-12)13-6-7-14-11;/h1-5,8H,6-7H2;1H4. The fourth-order valence-electron chi connectivity index (χ4n) is 1.65. The minimum absolute atomic E-state index is 0. The summed E-state index contributed by atoms with van der Waals surface area (Å²) in [5, 5.41) is 2.01. The molecule has 0 amide bonds. The summed E-state index contributed by atoms with van der Waals surface area (Å²) in [4.78, 5) is 1.16. The Bertz CT molecular complexity index is 462. The molecule has 0 radical (unpaired) electrons. The second-order valence-electron chi connectivity index (χ2n) is 3.32. The van der Waals surface area contributed by atoms with Crippen LogP contribution < -0.4 is 9.47 Å². The van der Waals surface area contributed by atoms with E-state index in [9.17, 15) is 0 Å².